The Balaban J connectivity index is 2.23. The van der Waals surface area contributed by atoms with Crippen LogP contribution in [-0.4, -0.2) is 19.5 Å². The first-order valence-electron chi connectivity index (χ1n) is 6.73. The molecule has 104 valence electrons. The van der Waals surface area contributed by atoms with Crippen LogP contribution in [0, 0.1) is 5.92 Å². The van der Waals surface area contributed by atoms with Gasteiger partial charge in [0.05, 0.1) is 28.3 Å². The smallest absolute Gasteiger partial charge is 0.260 e. The summed E-state index contributed by atoms with van der Waals surface area (Å²) in [5.41, 5.74) is 7.75. The Morgan fingerprint density at radius 3 is 2.95 bits per heavy atom. The monoisotopic (exact) mass is 271 g/mol. The molecule has 3 aromatic rings. The second-order valence-electron chi connectivity index (χ2n) is 5.22. The van der Waals surface area contributed by atoms with Gasteiger partial charge in [0, 0.05) is 6.54 Å². The van der Waals surface area contributed by atoms with Crippen LogP contribution >= 0.6 is 0 Å². The number of H-pyrrole nitrogens is 1. The van der Waals surface area contributed by atoms with Crippen LogP contribution in [0.5, 0.6) is 0 Å². The van der Waals surface area contributed by atoms with E-state index in [1.807, 2.05) is 12.4 Å². The van der Waals surface area contributed by atoms with Crippen molar-refractivity contribution < 1.29 is 0 Å². The third-order valence-electron chi connectivity index (χ3n) is 3.67. The molecule has 6 nitrogen and oxygen atoms in total. The molecule has 0 fully saturated rings. The van der Waals surface area contributed by atoms with Gasteiger partial charge in [0.1, 0.15) is 0 Å². The highest BCUT2D eigenvalue weighted by Gasteiger charge is 2.10. The van der Waals surface area contributed by atoms with Crippen molar-refractivity contribution >= 4 is 27.9 Å². The van der Waals surface area contributed by atoms with Gasteiger partial charge in [-0.15, -0.1) is 0 Å². The Morgan fingerprint density at radius 1 is 1.40 bits per heavy atom. The molecule has 0 aliphatic heterocycles. The number of rotatable bonds is 3. The number of hydrogen-bond acceptors (Lipinski definition) is 4. The quantitative estimate of drug-likeness (QED) is 0.761. The molecule has 0 spiro atoms. The Hall–Kier alpha value is -2.37. The van der Waals surface area contributed by atoms with Crippen LogP contribution in [0.2, 0.25) is 0 Å². The van der Waals surface area contributed by atoms with E-state index >= 15 is 0 Å². The topological polar surface area (TPSA) is 89.6 Å². The van der Waals surface area contributed by atoms with Gasteiger partial charge in [0.15, 0.2) is 0 Å². The lowest BCUT2D eigenvalue weighted by Gasteiger charge is -2.10. The highest BCUT2D eigenvalue weighted by atomic mass is 16.1. The molecule has 0 saturated heterocycles. The average molecular weight is 271 g/mol. The number of imidazole rings is 1. The number of nitrogen functional groups attached to an aromatic ring is 1. The van der Waals surface area contributed by atoms with Gasteiger partial charge in [0.2, 0.25) is 5.95 Å². The van der Waals surface area contributed by atoms with Crippen molar-refractivity contribution in [1.82, 2.24) is 19.5 Å². The van der Waals surface area contributed by atoms with Crippen molar-refractivity contribution in [2.24, 2.45) is 5.92 Å². The van der Waals surface area contributed by atoms with Crippen LogP contribution in [0.15, 0.2) is 23.3 Å². The van der Waals surface area contributed by atoms with Crippen LogP contribution in [0.4, 0.5) is 5.95 Å². The largest absolute Gasteiger partial charge is 0.369 e. The molecule has 6 heteroatoms. The van der Waals surface area contributed by atoms with E-state index in [1.165, 1.54) is 0 Å². The van der Waals surface area contributed by atoms with Crippen LogP contribution < -0.4 is 11.3 Å². The highest BCUT2D eigenvalue weighted by Crippen LogP contribution is 2.20. The summed E-state index contributed by atoms with van der Waals surface area (Å²) in [5.74, 6) is 0.704. The van der Waals surface area contributed by atoms with Crippen LogP contribution in [0.25, 0.3) is 21.9 Å². The molecule has 0 aliphatic rings. The van der Waals surface area contributed by atoms with Crippen LogP contribution in [0.1, 0.15) is 20.3 Å². The zero-order valence-corrected chi connectivity index (χ0v) is 11.6. The maximum atomic E-state index is 11.9. The van der Waals surface area contributed by atoms with E-state index in [9.17, 15) is 4.79 Å². The highest BCUT2D eigenvalue weighted by molar-refractivity contribution is 5.93. The van der Waals surface area contributed by atoms with E-state index in [2.05, 4.69) is 33.4 Å². The summed E-state index contributed by atoms with van der Waals surface area (Å²) < 4.78 is 2.10. The first kappa shape index (κ1) is 12.7. The number of nitrogens with two attached hydrogens (primary N) is 1. The maximum absolute atomic E-state index is 11.9. The molecule has 20 heavy (non-hydrogen) atoms. The van der Waals surface area contributed by atoms with Gasteiger partial charge in [-0.2, -0.15) is 0 Å². The molecule has 3 N–H and O–H groups in total. The molecule has 2 heterocycles. The van der Waals surface area contributed by atoms with E-state index in [1.54, 1.807) is 6.07 Å². The van der Waals surface area contributed by atoms with E-state index in [4.69, 9.17) is 5.73 Å². The minimum absolute atomic E-state index is 0.134. The fourth-order valence-corrected chi connectivity index (χ4v) is 2.32. The first-order chi connectivity index (χ1) is 9.58. The average Bonchev–Trinajstić information content (AvgIpc) is 2.79. The lowest BCUT2D eigenvalue weighted by Crippen LogP contribution is -2.11. The van der Waals surface area contributed by atoms with Crippen molar-refractivity contribution in [3.05, 3.63) is 28.8 Å². The van der Waals surface area contributed by atoms with E-state index in [-0.39, 0.29) is 11.5 Å². The standard InChI is InChI=1S/C14H17N5O/c1-3-8(2)6-19-7-16-11-4-9-10(5-12(11)19)17-14(15)18-13(9)20/h4-5,7-8H,3,6H2,1-2H3,(H3,15,17,18,20). The Bertz CT molecular complexity index is 833. The van der Waals surface area contributed by atoms with Crippen LogP contribution in [0.3, 0.4) is 0 Å². The molecular formula is C14H17N5O. The Labute approximate surface area is 115 Å². The number of benzene rings is 1. The van der Waals surface area contributed by atoms with Crippen LogP contribution in [-0.2, 0) is 6.54 Å². The summed E-state index contributed by atoms with van der Waals surface area (Å²) in [6.45, 7) is 5.27. The van der Waals surface area contributed by atoms with E-state index in [0.29, 0.717) is 16.8 Å². The van der Waals surface area contributed by atoms with Gasteiger partial charge in [-0.3, -0.25) is 9.78 Å². The number of nitrogens with zero attached hydrogens (tertiary/aromatic N) is 3. The van der Waals surface area contributed by atoms with Gasteiger partial charge >= 0.3 is 0 Å². The van der Waals surface area contributed by atoms with Gasteiger partial charge in [-0.1, -0.05) is 20.3 Å². The minimum atomic E-state index is -0.231. The predicted octanol–water partition coefficient (Wildman–Crippen LogP) is 1.90. The van der Waals surface area contributed by atoms with Gasteiger partial charge in [0.25, 0.3) is 5.56 Å². The number of aromatic nitrogens is 4. The summed E-state index contributed by atoms with van der Waals surface area (Å²) in [7, 11) is 0. The molecule has 1 unspecified atom stereocenters. The third kappa shape index (κ3) is 2.03. The molecule has 2 aromatic heterocycles. The SMILES string of the molecule is CCC(C)Cn1cnc2cc3c(=O)[nH]c(N)nc3cc21. The fourth-order valence-electron chi connectivity index (χ4n) is 2.32. The summed E-state index contributed by atoms with van der Waals surface area (Å²) in [5, 5.41) is 0.514. The van der Waals surface area contributed by atoms with Crippen molar-refractivity contribution in [2.75, 3.05) is 5.73 Å². The lowest BCUT2D eigenvalue weighted by molar-refractivity contribution is 0.476. The van der Waals surface area contributed by atoms with Crippen molar-refractivity contribution in [3.8, 4) is 0 Å². The van der Waals surface area contributed by atoms with Crippen molar-refractivity contribution in [1.29, 1.82) is 0 Å². The van der Waals surface area contributed by atoms with Crippen molar-refractivity contribution in [3.63, 3.8) is 0 Å². The zero-order valence-electron chi connectivity index (χ0n) is 11.6. The summed E-state index contributed by atoms with van der Waals surface area (Å²) >= 11 is 0. The van der Waals surface area contributed by atoms with Gasteiger partial charge < -0.3 is 10.3 Å². The molecule has 1 aromatic carbocycles. The molecule has 3 rings (SSSR count). The molecule has 0 radical (unpaired) electrons. The summed E-state index contributed by atoms with van der Waals surface area (Å²) in [6.07, 6.45) is 2.92. The Morgan fingerprint density at radius 2 is 2.20 bits per heavy atom. The van der Waals surface area contributed by atoms with E-state index in [0.717, 1.165) is 24.0 Å². The molecule has 1 atom stereocenters. The number of nitrogens with one attached hydrogen (secondary N) is 1. The second-order valence-corrected chi connectivity index (χ2v) is 5.22. The first-order valence-corrected chi connectivity index (χ1v) is 6.73. The fraction of sp³-hybridized carbons (Fsp3) is 0.357. The number of aromatic amines is 1. The molecular weight excluding hydrogens is 254 g/mol. The van der Waals surface area contributed by atoms with Gasteiger partial charge in [-0.05, 0) is 18.1 Å². The third-order valence-corrected chi connectivity index (χ3v) is 3.67. The maximum Gasteiger partial charge on any atom is 0.260 e. The molecule has 0 aliphatic carbocycles. The lowest BCUT2D eigenvalue weighted by atomic mass is 10.1. The minimum Gasteiger partial charge on any atom is -0.369 e. The number of anilines is 1. The Kier molecular flexibility index (Phi) is 2.93. The molecule has 0 saturated carbocycles. The normalized spacial score (nSPS) is 13.1. The molecule has 0 bridgehead atoms. The van der Waals surface area contributed by atoms with Gasteiger partial charge in [-0.25, -0.2) is 9.97 Å². The summed E-state index contributed by atoms with van der Waals surface area (Å²) in [6, 6.07) is 3.65. The van der Waals surface area contributed by atoms with E-state index < -0.39 is 0 Å². The van der Waals surface area contributed by atoms with Crippen molar-refractivity contribution in [2.45, 2.75) is 26.8 Å². The summed E-state index contributed by atoms with van der Waals surface area (Å²) in [4.78, 5) is 22.9. The number of fused-ring (bicyclic) bond motifs is 2. The molecule has 0 amide bonds. The predicted molar refractivity (Wildman–Crippen MR) is 79.5 cm³/mol. The zero-order chi connectivity index (χ0) is 14.3. The number of hydrogen-bond donors (Lipinski definition) is 2. The second kappa shape index (κ2) is 4.63.